The smallest absolute Gasteiger partial charge is 0.270 e. The number of rotatable bonds is 5. The number of carbonyl (C=O) groups is 2. The molecular formula is C14H21N3O3S. The quantitative estimate of drug-likeness (QED) is 0.771. The highest BCUT2D eigenvalue weighted by molar-refractivity contribution is 7.14. The van der Waals surface area contributed by atoms with Crippen molar-refractivity contribution in [3.8, 4) is 0 Å². The van der Waals surface area contributed by atoms with Gasteiger partial charge in [0.1, 0.15) is 5.69 Å². The Labute approximate surface area is 128 Å². The number of aliphatic hydroxyl groups excluding tert-OH is 1. The summed E-state index contributed by atoms with van der Waals surface area (Å²) in [5.74, 6) is 0.181. The molecule has 2 unspecified atom stereocenters. The standard InChI is InChI=1S/C14H21N3O3S/c1-9(19)16-14-17-12(8-21-14)13(20)15-6-10-4-2-3-5-11(10)7-18/h8,10-11,18H,2-7H2,1H3,(H,15,20)(H,16,17,19). The fraction of sp³-hybridized carbons (Fsp3) is 0.643. The lowest BCUT2D eigenvalue weighted by atomic mass is 9.79. The van der Waals surface area contributed by atoms with Gasteiger partial charge in [0, 0.05) is 25.5 Å². The van der Waals surface area contributed by atoms with Gasteiger partial charge in [0.15, 0.2) is 5.13 Å². The summed E-state index contributed by atoms with van der Waals surface area (Å²) < 4.78 is 0. The number of aliphatic hydroxyl groups is 1. The first kappa shape index (κ1) is 15.9. The molecule has 2 amide bonds. The van der Waals surface area contributed by atoms with Gasteiger partial charge in [0.25, 0.3) is 5.91 Å². The third-order valence-electron chi connectivity index (χ3n) is 3.85. The van der Waals surface area contributed by atoms with Crippen LogP contribution >= 0.6 is 11.3 Å². The summed E-state index contributed by atoms with van der Waals surface area (Å²) in [5, 5.41) is 16.9. The lowest BCUT2D eigenvalue weighted by Gasteiger charge is -2.30. The molecule has 0 spiro atoms. The molecular weight excluding hydrogens is 290 g/mol. The van der Waals surface area contributed by atoms with Crippen molar-refractivity contribution in [2.75, 3.05) is 18.5 Å². The Morgan fingerprint density at radius 1 is 1.38 bits per heavy atom. The van der Waals surface area contributed by atoms with E-state index in [9.17, 15) is 14.7 Å². The molecule has 1 fully saturated rings. The average Bonchev–Trinajstić information content (AvgIpc) is 2.92. The van der Waals surface area contributed by atoms with Crippen molar-refractivity contribution in [1.29, 1.82) is 0 Å². The van der Waals surface area contributed by atoms with Gasteiger partial charge in [0.2, 0.25) is 5.91 Å². The highest BCUT2D eigenvalue weighted by atomic mass is 32.1. The Morgan fingerprint density at radius 3 is 2.76 bits per heavy atom. The first-order valence-corrected chi connectivity index (χ1v) is 8.10. The molecule has 1 aliphatic rings. The van der Waals surface area contributed by atoms with Gasteiger partial charge in [-0.05, 0) is 24.7 Å². The summed E-state index contributed by atoms with van der Waals surface area (Å²) in [6, 6.07) is 0. The first-order chi connectivity index (χ1) is 10.1. The topological polar surface area (TPSA) is 91.3 Å². The Balaban J connectivity index is 1.86. The van der Waals surface area contributed by atoms with Gasteiger partial charge in [-0.15, -0.1) is 11.3 Å². The van der Waals surface area contributed by atoms with Crippen LogP contribution in [0.3, 0.4) is 0 Å². The van der Waals surface area contributed by atoms with Crippen LogP contribution < -0.4 is 10.6 Å². The number of nitrogens with zero attached hydrogens (tertiary/aromatic N) is 1. The van der Waals surface area contributed by atoms with Gasteiger partial charge in [-0.25, -0.2) is 4.98 Å². The summed E-state index contributed by atoms with van der Waals surface area (Å²) in [4.78, 5) is 27.0. The Bertz CT molecular complexity index is 503. The van der Waals surface area contributed by atoms with Crippen LogP contribution in [0.1, 0.15) is 43.1 Å². The van der Waals surface area contributed by atoms with E-state index < -0.39 is 0 Å². The number of carbonyl (C=O) groups excluding carboxylic acids is 2. The molecule has 1 aromatic heterocycles. The molecule has 2 atom stereocenters. The molecule has 21 heavy (non-hydrogen) atoms. The second kappa shape index (κ2) is 7.51. The SMILES string of the molecule is CC(=O)Nc1nc(C(=O)NCC2CCCCC2CO)cs1. The van der Waals surface area contributed by atoms with Crippen LogP contribution in [0.5, 0.6) is 0 Å². The Morgan fingerprint density at radius 2 is 2.10 bits per heavy atom. The zero-order chi connectivity index (χ0) is 15.2. The minimum atomic E-state index is -0.231. The van der Waals surface area contributed by atoms with Gasteiger partial charge >= 0.3 is 0 Å². The predicted octanol–water partition coefficient (Wildman–Crippen LogP) is 1.63. The van der Waals surface area contributed by atoms with Crippen LogP contribution in [0, 0.1) is 11.8 Å². The van der Waals surface area contributed by atoms with Crippen molar-refractivity contribution in [2.45, 2.75) is 32.6 Å². The minimum Gasteiger partial charge on any atom is -0.396 e. The molecule has 0 radical (unpaired) electrons. The molecule has 0 aromatic carbocycles. The fourth-order valence-corrected chi connectivity index (χ4v) is 3.43. The maximum absolute atomic E-state index is 12.0. The molecule has 0 aliphatic heterocycles. The summed E-state index contributed by atoms with van der Waals surface area (Å²) in [5.41, 5.74) is 0.320. The van der Waals surface area contributed by atoms with E-state index in [-0.39, 0.29) is 24.3 Å². The molecule has 0 saturated heterocycles. The third-order valence-corrected chi connectivity index (χ3v) is 4.60. The van der Waals surface area contributed by atoms with Gasteiger partial charge < -0.3 is 15.7 Å². The zero-order valence-corrected chi connectivity index (χ0v) is 12.9. The number of hydrogen-bond donors (Lipinski definition) is 3. The lowest BCUT2D eigenvalue weighted by molar-refractivity contribution is -0.114. The average molecular weight is 311 g/mol. The van der Waals surface area contributed by atoms with Crippen molar-refractivity contribution in [3.05, 3.63) is 11.1 Å². The molecule has 1 aromatic rings. The van der Waals surface area contributed by atoms with Crippen molar-refractivity contribution in [2.24, 2.45) is 11.8 Å². The highest BCUT2D eigenvalue weighted by Gasteiger charge is 2.25. The maximum atomic E-state index is 12.0. The van der Waals surface area contributed by atoms with Crippen LogP contribution in [-0.4, -0.2) is 35.1 Å². The van der Waals surface area contributed by atoms with Crippen LogP contribution in [0.4, 0.5) is 5.13 Å². The molecule has 7 heteroatoms. The largest absolute Gasteiger partial charge is 0.396 e. The van der Waals surface area contributed by atoms with Crippen LogP contribution in [0.2, 0.25) is 0 Å². The monoisotopic (exact) mass is 311 g/mol. The van der Waals surface area contributed by atoms with Crippen LogP contribution in [0.15, 0.2) is 5.38 Å². The summed E-state index contributed by atoms with van der Waals surface area (Å²) in [7, 11) is 0. The highest BCUT2D eigenvalue weighted by Crippen LogP contribution is 2.29. The number of anilines is 1. The minimum absolute atomic E-state index is 0.184. The van der Waals surface area contributed by atoms with Gasteiger partial charge in [-0.1, -0.05) is 12.8 Å². The molecule has 6 nitrogen and oxygen atoms in total. The van der Waals surface area contributed by atoms with Crippen molar-refractivity contribution >= 4 is 28.3 Å². The molecule has 2 rings (SSSR count). The van der Waals surface area contributed by atoms with E-state index in [1.165, 1.54) is 18.3 Å². The van der Waals surface area contributed by atoms with E-state index in [2.05, 4.69) is 15.6 Å². The molecule has 1 saturated carbocycles. The zero-order valence-electron chi connectivity index (χ0n) is 12.1. The van der Waals surface area contributed by atoms with Crippen molar-refractivity contribution in [3.63, 3.8) is 0 Å². The fourth-order valence-electron chi connectivity index (χ4n) is 2.69. The van der Waals surface area contributed by atoms with E-state index in [1.807, 2.05) is 0 Å². The molecule has 116 valence electrons. The second-order valence-corrected chi connectivity index (χ2v) is 6.27. The van der Waals surface area contributed by atoms with E-state index in [0.717, 1.165) is 25.7 Å². The second-order valence-electron chi connectivity index (χ2n) is 5.42. The number of aromatic nitrogens is 1. The van der Waals surface area contributed by atoms with Crippen LogP contribution in [0.25, 0.3) is 0 Å². The first-order valence-electron chi connectivity index (χ1n) is 7.22. The van der Waals surface area contributed by atoms with Gasteiger partial charge in [-0.3, -0.25) is 9.59 Å². The van der Waals surface area contributed by atoms with E-state index in [0.29, 0.717) is 23.3 Å². The van der Waals surface area contributed by atoms with E-state index in [4.69, 9.17) is 0 Å². The molecule has 0 bridgehead atoms. The Hall–Kier alpha value is -1.47. The number of nitrogens with one attached hydrogen (secondary N) is 2. The maximum Gasteiger partial charge on any atom is 0.270 e. The molecule has 1 aliphatic carbocycles. The van der Waals surface area contributed by atoms with Crippen molar-refractivity contribution < 1.29 is 14.7 Å². The van der Waals surface area contributed by atoms with Crippen LogP contribution in [-0.2, 0) is 4.79 Å². The van der Waals surface area contributed by atoms with Crippen molar-refractivity contribution in [1.82, 2.24) is 10.3 Å². The number of thiazole rings is 1. The Kier molecular flexibility index (Phi) is 5.69. The summed E-state index contributed by atoms with van der Waals surface area (Å²) in [6.07, 6.45) is 4.38. The molecule has 1 heterocycles. The predicted molar refractivity (Wildman–Crippen MR) is 81.3 cm³/mol. The summed E-state index contributed by atoms with van der Waals surface area (Å²) in [6.45, 7) is 2.15. The normalized spacial score (nSPS) is 21.8. The van der Waals surface area contributed by atoms with Gasteiger partial charge in [0.05, 0.1) is 0 Å². The number of amides is 2. The third kappa shape index (κ3) is 4.50. The van der Waals surface area contributed by atoms with Gasteiger partial charge in [-0.2, -0.15) is 0 Å². The van der Waals surface area contributed by atoms with E-state index in [1.54, 1.807) is 5.38 Å². The lowest BCUT2D eigenvalue weighted by Crippen LogP contribution is -2.35. The van der Waals surface area contributed by atoms with E-state index >= 15 is 0 Å². The summed E-state index contributed by atoms with van der Waals surface area (Å²) >= 11 is 1.23. The molecule has 3 N–H and O–H groups in total. The number of hydrogen-bond acceptors (Lipinski definition) is 5.